The summed E-state index contributed by atoms with van der Waals surface area (Å²) in [6.45, 7) is 0.288. The summed E-state index contributed by atoms with van der Waals surface area (Å²) in [6.07, 6.45) is 3.00. The minimum atomic E-state index is -1.09. The van der Waals surface area contributed by atoms with E-state index in [9.17, 15) is 24.8 Å². The minimum absolute atomic E-state index is 0.0333. The van der Waals surface area contributed by atoms with Crippen LogP contribution in [0.5, 0.6) is 17.2 Å². The monoisotopic (exact) mass is 484 g/mol. The van der Waals surface area contributed by atoms with Crippen molar-refractivity contribution in [2.45, 2.75) is 12.5 Å². The van der Waals surface area contributed by atoms with E-state index in [4.69, 9.17) is 18.9 Å². The molecule has 0 saturated heterocycles. The molecule has 1 aliphatic rings. The molecule has 0 unspecified atom stereocenters. The number of phenolic OH excluding ortho intramolecular Hbond substituents is 1. The van der Waals surface area contributed by atoms with Crippen LogP contribution in [0, 0.1) is 10.1 Å². The first-order valence-corrected chi connectivity index (χ1v) is 10.3. The number of nitro groups is 1. The molecular weight excluding hydrogens is 460 g/mol. The lowest BCUT2D eigenvalue weighted by molar-refractivity contribution is -0.386. The van der Waals surface area contributed by atoms with E-state index in [1.807, 2.05) is 12.1 Å². The molecule has 3 rings (SSSR count). The predicted molar refractivity (Wildman–Crippen MR) is 123 cm³/mol. The first-order chi connectivity index (χ1) is 16.7. The molecule has 11 heteroatoms. The van der Waals surface area contributed by atoms with Gasteiger partial charge in [-0.15, -0.1) is 0 Å². The summed E-state index contributed by atoms with van der Waals surface area (Å²) in [7, 11) is 5.15. The average Bonchev–Trinajstić information content (AvgIpc) is 2.87. The number of carbonyl (C=O) groups excluding carboxylic acids is 2. The van der Waals surface area contributed by atoms with Crippen molar-refractivity contribution in [1.29, 1.82) is 0 Å². The number of aromatic hydroxyl groups is 1. The highest BCUT2D eigenvalue weighted by atomic mass is 16.6. The van der Waals surface area contributed by atoms with Crippen LogP contribution in [-0.2, 0) is 25.6 Å². The van der Waals surface area contributed by atoms with E-state index in [0.717, 1.165) is 11.6 Å². The van der Waals surface area contributed by atoms with E-state index in [1.54, 1.807) is 24.1 Å². The van der Waals surface area contributed by atoms with Crippen LogP contribution in [-0.4, -0.2) is 55.3 Å². The molecule has 1 aliphatic heterocycles. The molecule has 0 fully saturated rings. The number of nitrogens with zero attached hydrogens (tertiary/aromatic N) is 2. The summed E-state index contributed by atoms with van der Waals surface area (Å²) in [6, 6.07) is 9.61. The van der Waals surface area contributed by atoms with E-state index >= 15 is 0 Å². The Labute approximate surface area is 200 Å². The lowest BCUT2D eigenvalue weighted by atomic mass is 9.83. The quantitative estimate of drug-likeness (QED) is 0.338. The Morgan fingerprint density at radius 2 is 1.54 bits per heavy atom. The standard InChI is InChI=1S/C24H24N2O9/c1-32-16-7-5-14(6-8-16)11-25-12-17(23(28)34-3)21(18(13-25)24(29)35-4)15-9-19(26(30)31)22(27)20(10-15)33-2/h5-10,12-13,21,27H,11H2,1-4H3. The molecule has 0 atom stereocenters. The van der Waals surface area contributed by atoms with Crippen LogP contribution in [0.25, 0.3) is 0 Å². The summed E-state index contributed by atoms with van der Waals surface area (Å²) < 4.78 is 20.1. The molecule has 2 aromatic rings. The number of methoxy groups -OCH3 is 4. The Morgan fingerprint density at radius 3 is 2.00 bits per heavy atom. The van der Waals surface area contributed by atoms with Gasteiger partial charge >= 0.3 is 17.6 Å². The highest BCUT2D eigenvalue weighted by Gasteiger charge is 2.37. The van der Waals surface area contributed by atoms with Gasteiger partial charge in [0.15, 0.2) is 5.75 Å². The summed E-state index contributed by atoms with van der Waals surface area (Å²) in [4.78, 5) is 38.0. The maximum Gasteiger partial charge on any atom is 0.336 e. The number of hydrogen-bond donors (Lipinski definition) is 1. The molecule has 0 aliphatic carbocycles. The van der Waals surface area contributed by atoms with Crippen molar-refractivity contribution in [3.63, 3.8) is 0 Å². The molecule has 0 radical (unpaired) electrons. The SMILES string of the molecule is COC(=O)C1=CN(Cc2ccc(OC)cc2)C=C(C(=O)OC)C1c1cc(OC)c(O)c([N+](=O)[O-])c1. The van der Waals surface area contributed by atoms with Crippen LogP contribution in [0.1, 0.15) is 17.0 Å². The van der Waals surface area contributed by atoms with Crippen molar-refractivity contribution in [1.82, 2.24) is 4.90 Å². The molecule has 184 valence electrons. The number of hydrogen-bond acceptors (Lipinski definition) is 10. The molecule has 35 heavy (non-hydrogen) atoms. The Hall–Kier alpha value is -4.54. The lowest BCUT2D eigenvalue weighted by Gasteiger charge is -2.30. The van der Waals surface area contributed by atoms with E-state index < -0.39 is 34.2 Å². The van der Waals surface area contributed by atoms with E-state index in [0.29, 0.717) is 5.75 Å². The fourth-order valence-electron chi connectivity index (χ4n) is 3.76. The van der Waals surface area contributed by atoms with Gasteiger partial charge in [0.25, 0.3) is 0 Å². The smallest absolute Gasteiger partial charge is 0.336 e. The van der Waals surface area contributed by atoms with Gasteiger partial charge in [-0.1, -0.05) is 12.1 Å². The number of nitro benzene ring substituents is 1. The van der Waals surface area contributed by atoms with Crippen molar-refractivity contribution in [3.8, 4) is 17.2 Å². The van der Waals surface area contributed by atoms with Crippen molar-refractivity contribution >= 4 is 17.6 Å². The summed E-state index contributed by atoms with van der Waals surface area (Å²) in [5.41, 5.74) is 0.432. The van der Waals surface area contributed by atoms with Gasteiger partial charge in [0, 0.05) is 25.0 Å². The van der Waals surface area contributed by atoms with Crippen molar-refractivity contribution in [2.75, 3.05) is 28.4 Å². The molecule has 11 nitrogen and oxygen atoms in total. The van der Waals surface area contributed by atoms with Crippen molar-refractivity contribution in [2.24, 2.45) is 0 Å². The average molecular weight is 484 g/mol. The Bertz CT molecular complexity index is 1170. The van der Waals surface area contributed by atoms with Gasteiger partial charge in [-0.2, -0.15) is 0 Å². The van der Waals surface area contributed by atoms with Crippen LogP contribution in [0.2, 0.25) is 0 Å². The van der Waals surface area contributed by atoms with Crippen LogP contribution in [0.15, 0.2) is 59.9 Å². The molecule has 0 spiro atoms. The van der Waals surface area contributed by atoms with Crippen LogP contribution in [0.4, 0.5) is 5.69 Å². The molecule has 0 aromatic heterocycles. The predicted octanol–water partition coefficient (Wildman–Crippen LogP) is 3.03. The van der Waals surface area contributed by atoms with Gasteiger partial charge in [0.05, 0.1) is 50.4 Å². The first kappa shape index (κ1) is 25.1. The number of phenols is 1. The minimum Gasteiger partial charge on any atom is -0.500 e. The summed E-state index contributed by atoms with van der Waals surface area (Å²) in [5, 5.41) is 21.7. The lowest BCUT2D eigenvalue weighted by Crippen LogP contribution is -2.28. The largest absolute Gasteiger partial charge is 0.500 e. The number of carbonyl (C=O) groups is 2. The first-order valence-electron chi connectivity index (χ1n) is 10.3. The fraction of sp³-hybridized carbons (Fsp3) is 0.250. The van der Waals surface area contributed by atoms with Crippen LogP contribution >= 0.6 is 0 Å². The van der Waals surface area contributed by atoms with Crippen LogP contribution < -0.4 is 9.47 Å². The molecule has 1 N–H and O–H groups in total. The van der Waals surface area contributed by atoms with E-state index in [1.165, 1.54) is 39.8 Å². The van der Waals surface area contributed by atoms with Crippen LogP contribution in [0.3, 0.4) is 0 Å². The highest BCUT2D eigenvalue weighted by Crippen LogP contribution is 2.44. The zero-order chi connectivity index (χ0) is 25.7. The van der Waals surface area contributed by atoms with Gasteiger partial charge in [-0.3, -0.25) is 10.1 Å². The Kier molecular flexibility index (Phi) is 7.59. The van der Waals surface area contributed by atoms with Gasteiger partial charge in [-0.05, 0) is 29.3 Å². The van der Waals surface area contributed by atoms with E-state index in [2.05, 4.69) is 0 Å². The molecular formula is C24H24N2O9. The summed E-state index contributed by atoms with van der Waals surface area (Å²) in [5.74, 6) is -2.78. The zero-order valence-electron chi connectivity index (χ0n) is 19.5. The van der Waals surface area contributed by atoms with E-state index in [-0.39, 0.29) is 29.0 Å². The third kappa shape index (κ3) is 5.18. The molecule has 0 amide bonds. The normalized spacial score (nSPS) is 13.4. The molecule has 0 bridgehead atoms. The van der Waals surface area contributed by atoms with Gasteiger partial charge in [0.1, 0.15) is 5.75 Å². The van der Waals surface area contributed by atoms with Crippen molar-refractivity contribution < 1.29 is 38.6 Å². The fourth-order valence-corrected chi connectivity index (χ4v) is 3.76. The molecule has 1 heterocycles. The Balaban J connectivity index is 2.16. The second kappa shape index (κ2) is 10.6. The topological polar surface area (TPSA) is 138 Å². The second-order valence-corrected chi connectivity index (χ2v) is 7.45. The zero-order valence-corrected chi connectivity index (χ0v) is 19.5. The number of ether oxygens (including phenoxy) is 4. The third-order valence-corrected chi connectivity index (χ3v) is 5.43. The highest BCUT2D eigenvalue weighted by molar-refractivity contribution is 5.98. The Morgan fingerprint density at radius 1 is 0.971 bits per heavy atom. The number of rotatable bonds is 8. The maximum atomic E-state index is 12.8. The molecule has 0 saturated carbocycles. The second-order valence-electron chi connectivity index (χ2n) is 7.45. The number of esters is 2. The van der Waals surface area contributed by atoms with Gasteiger partial charge in [0.2, 0.25) is 5.75 Å². The maximum absolute atomic E-state index is 12.8. The van der Waals surface area contributed by atoms with Crippen molar-refractivity contribution in [3.05, 3.63) is 81.2 Å². The van der Waals surface area contributed by atoms with Gasteiger partial charge in [-0.25, -0.2) is 9.59 Å². The summed E-state index contributed by atoms with van der Waals surface area (Å²) >= 11 is 0. The number of benzene rings is 2. The van der Waals surface area contributed by atoms with Gasteiger partial charge < -0.3 is 29.0 Å². The third-order valence-electron chi connectivity index (χ3n) is 5.43. The molecule has 2 aromatic carbocycles.